The lowest BCUT2D eigenvalue weighted by molar-refractivity contribution is 0.269. The number of rotatable bonds is 2. The van der Waals surface area contributed by atoms with Crippen molar-refractivity contribution in [2.45, 2.75) is 0 Å². The molecule has 1 aromatic carbocycles. The summed E-state index contributed by atoms with van der Waals surface area (Å²) in [5.74, 6) is 0.874. The Balaban J connectivity index is 2.47. The van der Waals surface area contributed by atoms with Gasteiger partial charge in [0.25, 0.3) is 0 Å². The number of aromatic amines is 1. The summed E-state index contributed by atoms with van der Waals surface area (Å²) in [5.41, 5.74) is 3.85. The number of para-hydroxylation sites is 1. The highest BCUT2D eigenvalue weighted by molar-refractivity contribution is 5.83. The third-order valence-corrected chi connectivity index (χ3v) is 1.74. The van der Waals surface area contributed by atoms with Gasteiger partial charge in [-0.25, -0.2) is 0 Å². The fraction of sp³-hybridized carbons (Fsp3) is 0.111. The first-order valence-electron chi connectivity index (χ1n) is 3.77. The molecule has 3 heteroatoms. The standard InChI is InChI=1S/C9H10N2O/c1-12-11-9-6-7-4-2-3-5-8(7)10-9/h2-6,10-11H,1H3. The van der Waals surface area contributed by atoms with Gasteiger partial charge in [0.15, 0.2) is 0 Å². The van der Waals surface area contributed by atoms with E-state index in [0.717, 1.165) is 11.3 Å². The van der Waals surface area contributed by atoms with Gasteiger partial charge in [0, 0.05) is 10.9 Å². The molecule has 0 atom stereocenters. The minimum absolute atomic E-state index is 0.874. The number of H-pyrrole nitrogens is 1. The third-order valence-electron chi connectivity index (χ3n) is 1.74. The number of nitrogens with one attached hydrogen (secondary N) is 2. The van der Waals surface area contributed by atoms with E-state index in [1.54, 1.807) is 7.11 Å². The predicted octanol–water partition coefficient (Wildman–Crippen LogP) is 2.14. The van der Waals surface area contributed by atoms with Crippen LogP contribution in [0.5, 0.6) is 0 Å². The van der Waals surface area contributed by atoms with Crippen molar-refractivity contribution < 1.29 is 4.84 Å². The second-order valence-corrected chi connectivity index (χ2v) is 2.58. The maximum atomic E-state index is 4.78. The summed E-state index contributed by atoms with van der Waals surface area (Å²) in [4.78, 5) is 7.94. The van der Waals surface area contributed by atoms with Crippen molar-refractivity contribution in [3.05, 3.63) is 30.3 Å². The number of aromatic nitrogens is 1. The van der Waals surface area contributed by atoms with Crippen molar-refractivity contribution in [1.29, 1.82) is 0 Å². The van der Waals surface area contributed by atoms with Gasteiger partial charge in [-0.15, -0.1) is 0 Å². The Morgan fingerprint density at radius 2 is 2.17 bits per heavy atom. The van der Waals surface area contributed by atoms with Gasteiger partial charge in [0.1, 0.15) is 5.82 Å². The van der Waals surface area contributed by atoms with Crippen LogP contribution in [0.2, 0.25) is 0 Å². The van der Waals surface area contributed by atoms with Crippen LogP contribution >= 0.6 is 0 Å². The van der Waals surface area contributed by atoms with Gasteiger partial charge in [-0.1, -0.05) is 18.2 Å². The average molecular weight is 162 g/mol. The summed E-state index contributed by atoms with van der Waals surface area (Å²) in [5, 5.41) is 1.18. The van der Waals surface area contributed by atoms with Crippen LogP contribution in [0.3, 0.4) is 0 Å². The van der Waals surface area contributed by atoms with Gasteiger partial charge >= 0.3 is 0 Å². The SMILES string of the molecule is CONc1cc2ccccc2[nH]1. The molecule has 0 saturated carbocycles. The summed E-state index contributed by atoms with van der Waals surface area (Å²) < 4.78 is 0. The first kappa shape index (κ1) is 7.18. The minimum Gasteiger partial charge on any atom is -0.340 e. The van der Waals surface area contributed by atoms with Crippen LogP contribution in [0.25, 0.3) is 10.9 Å². The van der Waals surface area contributed by atoms with Crippen LogP contribution in [0.4, 0.5) is 5.82 Å². The molecule has 0 aliphatic heterocycles. The fourth-order valence-electron chi connectivity index (χ4n) is 1.24. The van der Waals surface area contributed by atoms with Crippen molar-refractivity contribution in [2.24, 2.45) is 0 Å². The number of fused-ring (bicyclic) bond motifs is 1. The molecule has 12 heavy (non-hydrogen) atoms. The van der Waals surface area contributed by atoms with E-state index in [9.17, 15) is 0 Å². The van der Waals surface area contributed by atoms with Gasteiger partial charge in [0.2, 0.25) is 0 Å². The maximum Gasteiger partial charge on any atom is 0.128 e. The molecule has 1 aromatic heterocycles. The van der Waals surface area contributed by atoms with Gasteiger partial charge in [0.05, 0.1) is 7.11 Å². The summed E-state index contributed by atoms with van der Waals surface area (Å²) >= 11 is 0. The van der Waals surface area contributed by atoms with Crippen molar-refractivity contribution in [3.63, 3.8) is 0 Å². The molecule has 3 nitrogen and oxygen atoms in total. The van der Waals surface area contributed by atoms with Gasteiger partial charge in [-0.3, -0.25) is 10.3 Å². The lowest BCUT2D eigenvalue weighted by atomic mass is 10.3. The molecule has 0 aliphatic rings. The Kier molecular flexibility index (Phi) is 1.72. The van der Waals surface area contributed by atoms with Crippen LogP contribution in [0.15, 0.2) is 30.3 Å². The van der Waals surface area contributed by atoms with E-state index in [1.165, 1.54) is 5.39 Å². The second-order valence-electron chi connectivity index (χ2n) is 2.58. The van der Waals surface area contributed by atoms with Crippen molar-refractivity contribution in [1.82, 2.24) is 4.98 Å². The molecule has 0 radical (unpaired) electrons. The molecule has 0 bridgehead atoms. The Labute approximate surface area is 70.3 Å². The third kappa shape index (κ3) is 1.14. The van der Waals surface area contributed by atoms with Gasteiger partial charge in [-0.05, 0) is 12.1 Å². The van der Waals surface area contributed by atoms with E-state index in [1.807, 2.05) is 30.3 Å². The monoisotopic (exact) mass is 162 g/mol. The Bertz CT molecular complexity index is 348. The quantitative estimate of drug-likeness (QED) is 0.664. The smallest absolute Gasteiger partial charge is 0.128 e. The topological polar surface area (TPSA) is 37.0 Å². The lowest BCUT2D eigenvalue weighted by Crippen LogP contribution is -1.94. The number of anilines is 1. The average Bonchev–Trinajstić information content (AvgIpc) is 2.47. The maximum absolute atomic E-state index is 4.78. The second kappa shape index (κ2) is 2.87. The van der Waals surface area contributed by atoms with E-state index in [2.05, 4.69) is 10.5 Å². The van der Waals surface area contributed by atoms with Crippen LogP contribution in [0.1, 0.15) is 0 Å². The normalized spacial score (nSPS) is 10.4. The summed E-state index contributed by atoms with van der Waals surface area (Å²) in [6, 6.07) is 10.1. The molecule has 2 rings (SSSR count). The predicted molar refractivity (Wildman–Crippen MR) is 48.9 cm³/mol. The highest BCUT2D eigenvalue weighted by Gasteiger charge is 1.96. The Hall–Kier alpha value is -1.48. The molecule has 0 unspecified atom stereocenters. The first-order chi connectivity index (χ1) is 5.90. The van der Waals surface area contributed by atoms with E-state index in [4.69, 9.17) is 4.84 Å². The molecule has 1 heterocycles. The van der Waals surface area contributed by atoms with E-state index >= 15 is 0 Å². The summed E-state index contributed by atoms with van der Waals surface area (Å²) in [6.07, 6.45) is 0. The highest BCUT2D eigenvalue weighted by atomic mass is 16.6. The van der Waals surface area contributed by atoms with Crippen LogP contribution < -0.4 is 5.48 Å². The summed E-state index contributed by atoms with van der Waals surface area (Å²) in [6.45, 7) is 0. The summed E-state index contributed by atoms with van der Waals surface area (Å²) in [7, 11) is 1.59. The zero-order valence-electron chi connectivity index (χ0n) is 6.79. The van der Waals surface area contributed by atoms with Crippen LogP contribution in [-0.4, -0.2) is 12.1 Å². The fourth-order valence-corrected chi connectivity index (χ4v) is 1.24. The lowest BCUT2D eigenvalue weighted by Gasteiger charge is -1.95. The number of benzene rings is 1. The molecule has 0 fully saturated rings. The van der Waals surface area contributed by atoms with Crippen molar-refractivity contribution in [3.8, 4) is 0 Å². The van der Waals surface area contributed by atoms with Crippen molar-refractivity contribution >= 4 is 16.7 Å². The molecule has 0 amide bonds. The minimum atomic E-state index is 0.874. The molecule has 2 N–H and O–H groups in total. The zero-order chi connectivity index (χ0) is 8.39. The number of hydrogen-bond acceptors (Lipinski definition) is 2. The van der Waals surface area contributed by atoms with E-state index < -0.39 is 0 Å². The largest absolute Gasteiger partial charge is 0.340 e. The number of hydrogen-bond donors (Lipinski definition) is 2. The first-order valence-corrected chi connectivity index (χ1v) is 3.77. The van der Waals surface area contributed by atoms with Crippen LogP contribution in [-0.2, 0) is 4.84 Å². The van der Waals surface area contributed by atoms with Gasteiger partial charge < -0.3 is 4.98 Å². The molecule has 0 saturated heterocycles. The molecular formula is C9H10N2O. The highest BCUT2D eigenvalue weighted by Crippen LogP contribution is 2.17. The van der Waals surface area contributed by atoms with Crippen molar-refractivity contribution in [2.75, 3.05) is 12.6 Å². The molecule has 0 spiro atoms. The Morgan fingerprint density at radius 1 is 1.33 bits per heavy atom. The van der Waals surface area contributed by atoms with E-state index in [0.29, 0.717) is 0 Å². The molecule has 2 aromatic rings. The molecule has 62 valence electrons. The van der Waals surface area contributed by atoms with E-state index in [-0.39, 0.29) is 0 Å². The Morgan fingerprint density at radius 3 is 2.92 bits per heavy atom. The molecular weight excluding hydrogens is 152 g/mol. The van der Waals surface area contributed by atoms with Crippen LogP contribution in [0, 0.1) is 0 Å². The molecule has 0 aliphatic carbocycles. The van der Waals surface area contributed by atoms with Gasteiger partial charge in [-0.2, -0.15) is 0 Å². The zero-order valence-corrected chi connectivity index (χ0v) is 6.79.